The maximum Gasteiger partial charge on any atom is 0.348 e. The van der Waals surface area contributed by atoms with Gasteiger partial charge in [-0.1, -0.05) is 0 Å². The van der Waals surface area contributed by atoms with Crippen LogP contribution in [0.15, 0.2) is 48.5 Å². The van der Waals surface area contributed by atoms with Crippen LogP contribution >= 0.6 is 33.9 Å². The number of hydrogen-bond donors (Lipinski definition) is 1. The molecular weight excluding hydrogens is 425 g/mol. The third kappa shape index (κ3) is 3.53. The molecular formula is C17H12INO3S. The average molecular weight is 437 g/mol. The van der Waals surface area contributed by atoms with Gasteiger partial charge in [0.05, 0.1) is 7.11 Å². The van der Waals surface area contributed by atoms with Gasteiger partial charge in [-0.15, -0.1) is 11.3 Å². The van der Waals surface area contributed by atoms with Crippen molar-refractivity contribution in [2.24, 2.45) is 0 Å². The zero-order valence-corrected chi connectivity index (χ0v) is 15.1. The van der Waals surface area contributed by atoms with Crippen LogP contribution in [0.3, 0.4) is 0 Å². The first-order valence-corrected chi connectivity index (χ1v) is 8.65. The Hall–Kier alpha value is -1.93. The van der Waals surface area contributed by atoms with E-state index in [1.807, 2.05) is 30.3 Å². The van der Waals surface area contributed by atoms with E-state index in [1.165, 1.54) is 18.4 Å². The smallest absolute Gasteiger partial charge is 0.348 e. The largest absolute Gasteiger partial charge is 0.465 e. The van der Waals surface area contributed by atoms with Crippen molar-refractivity contribution in [2.75, 3.05) is 12.4 Å². The number of thiophene rings is 1. The summed E-state index contributed by atoms with van der Waals surface area (Å²) in [6, 6.07) is 14.7. The summed E-state index contributed by atoms with van der Waals surface area (Å²) in [6.45, 7) is 0. The molecule has 0 aliphatic heterocycles. The number of halogens is 1. The van der Waals surface area contributed by atoms with Gasteiger partial charge < -0.3 is 10.1 Å². The third-order valence-electron chi connectivity index (χ3n) is 3.27. The number of hydrogen-bond acceptors (Lipinski definition) is 4. The van der Waals surface area contributed by atoms with Crippen LogP contribution in [0.1, 0.15) is 20.0 Å². The maximum absolute atomic E-state index is 12.2. The monoisotopic (exact) mass is 437 g/mol. The van der Waals surface area contributed by atoms with E-state index < -0.39 is 0 Å². The van der Waals surface area contributed by atoms with Crippen molar-refractivity contribution in [3.63, 3.8) is 0 Å². The molecule has 0 atom stereocenters. The number of amides is 1. The van der Waals surface area contributed by atoms with Crippen molar-refractivity contribution in [1.82, 2.24) is 0 Å². The van der Waals surface area contributed by atoms with Gasteiger partial charge in [0.2, 0.25) is 0 Å². The lowest BCUT2D eigenvalue weighted by molar-refractivity contribution is 0.0606. The number of anilines is 1. The fourth-order valence-corrected chi connectivity index (χ4v) is 3.45. The summed E-state index contributed by atoms with van der Waals surface area (Å²) in [7, 11) is 1.36. The van der Waals surface area contributed by atoms with Crippen LogP contribution in [0.25, 0.3) is 10.1 Å². The van der Waals surface area contributed by atoms with Crippen molar-refractivity contribution in [3.8, 4) is 0 Å². The molecule has 0 radical (unpaired) electrons. The van der Waals surface area contributed by atoms with Gasteiger partial charge in [-0.2, -0.15) is 0 Å². The Morgan fingerprint density at radius 3 is 2.52 bits per heavy atom. The summed E-state index contributed by atoms with van der Waals surface area (Å²) in [5, 5.41) is 3.77. The van der Waals surface area contributed by atoms with Crippen molar-refractivity contribution < 1.29 is 14.3 Å². The number of fused-ring (bicyclic) bond motifs is 1. The molecule has 2 aromatic carbocycles. The van der Waals surface area contributed by atoms with Gasteiger partial charge in [0.1, 0.15) is 4.88 Å². The van der Waals surface area contributed by atoms with E-state index in [9.17, 15) is 9.59 Å². The van der Waals surface area contributed by atoms with Crippen LogP contribution < -0.4 is 5.32 Å². The van der Waals surface area contributed by atoms with E-state index in [4.69, 9.17) is 4.74 Å². The molecule has 1 heterocycles. The van der Waals surface area contributed by atoms with Crippen molar-refractivity contribution in [3.05, 3.63) is 62.5 Å². The number of esters is 1. The molecule has 0 spiro atoms. The molecule has 0 bridgehead atoms. The Bertz CT molecular complexity index is 886. The second kappa shape index (κ2) is 6.67. The number of carbonyl (C=O) groups is 2. The molecule has 0 saturated heterocycles. The van der Waals surface area contributed by atoms with Gasteiger partial charge >= 0.3 is 5.97 Å². The summed E-state index contributed by atoms with van der Waals surface area (Å²) in [4.78, 5) is 24.4. The second-order valence-corrected chi connectivity index (χ2v) is 7.15. The number of rotatable bonds is 3. The van der Waals surface area contributed by atoms with E-state index in [0.717, 1.165) is 13.7 Å². The van der Waals surface area contributed by atoms with Crippen LogP contribution in [-0.2, 0) is 4.74 Å². The predicted molar refractivity (Wildman–Crippen MR) is 100 cm³/mol. The molecule has 3 aromatic rings. The highest BCUT2D eigenvalue weighted by atomic mass is 127. The lowest BCUT2D eigenvalue weighted by Crippen LogP contribution is -2.11. The normalized spacial score (nSPS) is 10.5. The zero-order chi connectivity index (χ0) is 16.4. The van der Waals surface area contributed by atoms with Gasteiger partial charge in [0.25, 0.3) is 5.91 Å². The molecule has 0 fully saturated rings. The quantitative estimate of drug-likeness (QED) is 0.484. The number of benzene rings is 2. The number of methoxy groups -OCH3 is 1. The molecule has 0 saturated carbocycles. The number of ether oxygens (including phenoxy) is 1. The Morgan fingerprint density at radius 2 is 1.83 bits per heavy atom. The van der Waals surface area contributed by atoms with Crippen molar-refractivity contribution in [2.45, 2.75) is 0 Å². The molecule has 1 aromatic heterocycles. The minimum atomic E-state index is -0.351. The lowest BCUT2D eigenvalue weighted by atomic mass is 10.2. The second-order valence-electron chi connectivity index (χ2n) is 4.82. The topological polar surface area (TPSA) is 55.4 Å². The molecule has 4 nitrogen and oxygen atoms in total. The summed E-state index contributed by atoms with van der Waals surface area (Å²) < 4.78 is 6.78. The van der Waals surface area contributed by atoms with Crippen LogP contribution in [0.4, 0.5) is 5.69 Å². The summed E-state index contributed by atoms with van der Waals surface area (Å²) in [5.41, 5.74) is 1.29. The van der Waals surface area contributed by atoms with Gasteiger partial charge in [-0.05, 0) is 76.5 Å². The summed E-state index contributed by atoms with van der Waals surface area (Å²) >= 11 is 3.56. The van der Waals surface area contributed by atoms with Crippen LogP contribution in [0.5, 0.6) is 0 Å². The van der Waals surface area contributed by atoms with E-state index in [0.29, 0.717) is 16.1 Å². The fraction of sp³-hybridized carbons (Fsp3) is 0.0588. The molecule has 3 rings (SSSR count). The van der Waals surface area contributed by atoms with Crippen LogP contribution in [0, 0.1) is 3.57 Å². The fourth-order valence-electron chi connectivity index (χ4n) is 2.13. The Morgan fingerprint density at radius 1 is 1.09 bits per heavy atom. The molecule has 0 unspecified atom stereocenters. The Kier molecular flexibility index (Phi) is 4.63. The molecule has 116 valence electrons. The van der Waals surface area contributed by atoms with Gasteiger partial charge in [-0.3, -0.25) is 4.79 Å². The highest BCUT2D eigenvalue weighted by Gasteiger charge is 2.11. The first kappa shape index (κ1) is 15.9. The Labute approximate surface area is 150 Å². The average Bonchev–Trinajstić information content (AvgIpc) is 2.98. The zero-order valence-electron chi connectivity index (χ0n) is 12.1. The SMILES string of the molecule is COC(=O)c1cc2cc(NC(=O)c3ccc(I)cc3)ccc2s1. The molecule has 0 aliphatic rings. The standard InChI is InChI=1S/C17H12INO3S/c1-22-17(21)15-9-11-8-13(6-7-14(11)23-15)19-16(20)10-2-4-12(18)5-3-10/h2-9H,1H3,(H,19,20). The highest BCUT2D eigenvalue weighted by Crippen LogP contribution is 2.28. The van der Waals surface area contributed by atoms with E-state index in [2.05, 4.69) is 27.9 Å². The molecule has 0 aliphatic carbocycles. The van der Waals surface area contributed by atoms with E-state index >= 15 is 0 Å². The van der Waals surface area contributed by atoms with Gasteiger partial charge in [-0.25, -0.2) is 4.79 Å². The lowest BCUT2D eigenvalue weighted by Gasteiger charge is -2.05. The first-order chi connectivity index (χ1) is 11.1. The van der Waals surface area contributed by atoms with E-state index in [-0.39, 0.29) is 11.9 Å². The third-order valence-corrected chi connectivity index (χ3v) is 5.08. The molecule has 1 N–H and O–H groups in total. The van der Waals surface area contributed by atoms with Crippen molar-refractivity contribution in [1.29, 1.82) is 0 Å². The predicted octanol–water partition coefficient (Wildman–Crippen LogP) is 4.54. The molecule has 6 heteroatoms. The number of nitrogens with one attached hydrogen (secondary N) is 1. The van der Waals surface area contributed by atoms with E-state index in [1.54, 1.807) is 18.2 Å². The van der Waals surface area contributed by atoms with Gasteiger partial charge in [0, 0.05) is 19.5 Å². The van der Waals surface area contributed by atoms with Crippen LogP contribution in [0.2, 0.25) is 0 Å². The Balaban J connectivity index is 1.84. The minimum Gasteiger partial charge on any atom is -0.465 e. The maximum atomic E-state index is 12.2. The molecule has 23 heavy (non-hydrogen) atoms. The van der Waals surface area contributed by atoms with Gasteiger partial charge in [0.15, 0.2) is 0 Å². The summed E-state index contributed by atoms with van der Waals surface area (Å²) in [6.07, 6.45) is 0. The number of carbonyl (C=O) groups excluding carboxylic acids is 2. The first-order valence-electron chi connectivity index (χ1n) is 6.75. The highest BCUT2D eigenvalue weighted by molar-refractivity contribution is 14.1. The summed E-state index contributed by atoms with van der Waals surface area (Å²) in [5.74, 6) is -0.514. The van der Waals surface area contributed by atoms with Crippen molar-refractivity contribution >= 4 is 61.6 Å². The molecule has 1 amide bonds. The van der Waals surface area contributed by atoms with Crippen LogP contribution in [-0.4, -0.2) is 19.0 Å². The minimum absolute atomic E-state index is 0.163.